The van der Waals surface area contributed by atoms with Gasteiger partial charge in [0.05, 0.1) is 13.7 Å². The molecule has 2 rings (SSSR count). The van der Waals surface area contributed by atoms with Gasteiger partial charge in [-0.25, -0.2) is 0 Å². The standard InChI is InChI=1S/C18H22O2/c1-4-20-13-16-7-5-6-15(11-16)12-17-8-9-18(19-3)10-14(17)2/h5-11H,4,12-13H2,1-3H3. The van der Waals surface area contributed by atoms with E-state index in [1.807, 2.05) is 13.0 Å². The molecule has 0 radical (unpaired) electrons. The van der Waals surface area contributed by atoms with Gasteiger partial charge in [-0.1, -0.05) is 30.3 Å². The summed E-state index contributed by atoms with van der Waals surface area (Å²) in [6.45, 7) is 5.58. The average molecular weight is 270 g/mol. The molecule has 0 N–H and O–H groups in total. The van der Waals surface area contributed by atoms with Crippen molar-refractivity contribution < 1.29 is 9.47 Å². The Hall–Kier alpha value is -1.80. The van der Waals surface area contributed by atoms with Crippen molar-refractivity contribution in [3.05, 3.63) is 64.7 Å². The number of ether oxygens (including phenoxy) is 2. The predicted octanol–water partition coefficient (Wildman–Crippen LogP) is 4.13. The maximum Gasteiger partial charge on any atom is 0.119 e. The van der Waals surface area contributed by atoms with Crippen molar-refractivity contribution in [1.29, 1.82) is 0 Å². The van der Waals surface area contributed by atoms with E-state index in [-0.39, 0.29) is 0 Å². The largest absolute Gasteiger partial charge is 0.497 e. The lowest BCUT2D eigenvalue weighted by Gasteiger charge is -2.09. The van der Waals surface area contributed by atoms with Crippen molar-refractivity contribution in [2.45, 2.75) is 26.9 Å². The number of hydrogen-bond acceptors (Lipinski definition) is 2. The maximum absolute atomic E-state index is 5.46. The molecule has 20 heavy (non-hydrogen) atoms. The van der Waals surface area contributed by atoms with Gasteiger partial charge in [0.2, 0.25) is 0 Å². The van der Waals surface area contributed by atoms with E-state index < -0.39 is 0 Å². The van der Waals surface area contributed by atoms with Gasteiger partial charge < -0.3 is 9.47 Å². The second kappa shape index (κ2) is 7.11. The molecule has 0 atom stereocenters. The molecule has 0 bridgehead atoms. The first kappa shape index (κ1) is 14.6. The molecule has 2 aromatic carbocycles. The average Bonchev–Trinajstić information content (AvgIpc) is 2.47. The van der Waals surface area contributed by atoms with E-state index in [1.165, 1.54) is 22.3 Å². The van der Waals surface area contributed by atoms with E-state index in [4.69, 9.17) is 9.47 Å². The summed E-state index contributed by atoms with van der Waals surface area (Å²) in [5, 5.41) is 0. The summed E-state index contributed by atoms with van der Waals surface area (Å²) in [5.41, 5.74) is 5.14. The summed E-state index contributed by atoms with van der Waals surface area (Å²) in [5.74, 6) is 0.913. The smallest absolute Gasteiger partial charge is 0.119 e. The van der Waals surface area contributed by atoms with E-state index in [0.717, 1.165) is 18.8 Å². The molecule has 0 unspecified atom stereocenters. The maximum atomic E-state index is 5.46. The van der Waals surface area contributed by atoms with Crippen LogP contribution in [0.2, 0.25) is 0 Å². The summed E-state index contributed by atoms with van der Waals surface area (Å²) in [7, 11) is 1.70. The minimum Gasteiger partial charge on any atom is -0.497 e. The Balaban J connectivity index is 2.13. The summed E-state index contributed by atoms with van der Waals surface area (Å²) < 4.78 is 10.7. The molecular formula is C18H22O2. The SMILES string of the molecule is CCOCc1cccc(Cc2ccc(OC)cc2C)c1. The number of rotatable bonds is 6. The van der Waals surface area contributed by atoms with Crippen LogP contribution < -0.4 is 4.74 Å². The van der Waals surface area contributed by atoms with Gasteiger partial charge in [-0.15, -0.1) is 0 Å². The van der Waals surface area contributed by atoms with E-state index in [2.05, 4.69) is 43.3 Å². The molecule has 0 aliphatic rings. The number of methoxy groups -OCH3 is 1. The molecule has 0 heterocycles. The highest BCUT2D eigenvalue weighted by molar-refractivity contribution is 5.38. The Labute approximate surface area is 121 Å². The van der Waals surface area contributed by atoms with Crippen LogP contribution in [0.3, 0.4) is 0 Å². The summed E-state index contributed by atoms with van der Waals surface area (Å²) in [6.07, 6.45) is 0.940. The van der Waals surface area contributed by atoms with Gasteiger partial charge in [-0.05, 0) is 54.7 Å². The highest BCUT2D eigenvalue weighted by Crippen LogP contribution is 2.20. The van der Waals surface area contributed by atoms with Crippen LogP contribution in [0.1, 0.15) is 29.2 Å². The molecule has 0 aromatic heterocycles. The molecule has 0 aliphatic carbocycles. The molecule has 0 spiro atoms. The Morgan fingerprint density at radius 1 is 1.00 bits per heavy atom. The van der Waals surface area contributed by atoms with Crippen LogP contribution in [0.25, 0.3) is 0 Å². The zero-order valence-corrected chi connectivity index (χ0v) is 12.5. The summed E-state index contributed by atoms with van der Waals surface area (Å²) >= 11 is 0. The summed E-state index contributed by atoms with van der Waals surface area (Å²) in [4.78, 5) is 0. The highest BCUT2D eigenvalue weighted by Gasteiger charge is 2.03. The molecular weight excluding hydrogens is 248 g/mol. The van der Waals surface area contributed by atoms with Crippen molar-refractivity contribution in [2.24, 2.45) is 0 Å². The molecule has 0 saturated carbocycles. The van der Waals surface area contributed by atoms with E-state index >= 15 is 0 Å². The molecule has 2 heteroatoms. The van der Waals surface area contributed by atoms with Crippen molar-refractivity contribution in [3.8, 4) is 5.75 Å². The molecule has 0 fully saturated rings. The van der Waals surface area contributed by atoms with Gasteiger partial charge in [0, 0.05) is 6.61 Å². The topological polar surface area (TPSA) is 18.5 Å². The molecule has 2 aromatic rings. The normalized spacial score (nSPS) is 10.6. The van der Waals surface area contributed by atoms with Crippen LogP contribution in [-0.4, -0.2) is 13.7 Å². The van der Waals surface area contributed by atoms with Gasteiger partial charge in [0.25, 0.3) is 0 Å². The van der Waals surface area contributed by atoms with Crippen molar-refractivity contribution >= 4 is 0 Å². The lowest BCUT2D eigenvalue weighted by atomic mass is 9.99. The second-order valence-corrected chi connectivity index (χ2v) is 4.93. The Morgan fingerprint density at radius 3 is 2.50 bits per heavy atom. The zero-order chi connectivity index (χ0) is 14.4. The quantitative estimate of drug-likeness (QED) is 0.785. The van der Waals surface area contributed by atoms with Crippen LogP contribution in [0, 0.1) is 6.92 Å². The first-order chi connectivity index (χ1) is 9.72. The highest BCUT2D eigenvalue weighted by atomic mass is 16.5. The van der Waals surface area contributed by atoms with Crippen LogP contribution in [0.4, 0.5) is 0 Å². The fraction of sp³-hybridized carbons (Fsp3) is 0.333. The van der Waals surface area contributed by atoms with E-state index in [1.54, 1.807) is 7.11 Å². The van der Waals surface area contributed by atoms with Gasteiger partial charge >= 0.3 is 0 Å². The lowest BCUT2D eigenvalue weighted by Crippen LogP contribution is -1.96. The lowest BCUT2D eigenvalue weighted by molar-refractivity contribution is 0.134. The van der Waals surface area contributed by atoms with Crippen molar-refractivity contribution in [2.75, 3.05) is 13.7 Å². The minimum absolute atomic E-state index is 0.686. The predicted molar refractivity (Wildman–Crippen MR) is 82.3 cm³/mol. The van der Waals surface area contributed by atoms with E-state index in [9.17, 15) is 0 Å². The number of hydrogen-bond donors (Lipinski definition) is 0. The van der Waals surface area contributed by atoms with Crippen LogP contribution in [0.5, 0.6) is 5.75 Å². The van der Waals surface area contributed by atoms with E-state index in [0.29, 0.717) is 6.61 Å². The van der Waals surface area contributed by atoms with Gasteiger partial charge in [-0.2, -0.15) is 0 Å². The first-order valence-electron chi connectivity index (χ1n) is 7.02. The number of benzene rings is 2. The zero-order valence-electron chi connectivity index (χ0n) is 12.5. The van der Waals surface area contributed by atoms with Crippen LogP contribution in [0.15, 0.2) is 42.5 Å². The first-order valence-corrected chi connectivity index (χ1v) is 7.02. The summed E-state index contributed by atoms with van der Waals surface area (Å²) in [6, 6.07) is 14.8. The van der Waals surface area contributed by atoms with Gasteiger partial charge in [0.15, 0.2) is 0 Å². The van der Waals surface area contributed by atoms with Gasteiger partial charge in [0.1, 0.15) is 5.75 Å². The van der Waals surface area contributed by atoms with Crippen LogP contribution in [-0.2, 0) is 17.8 Å². The Bertz CT molecular complexity index is 561. The molecule has 0 aliphatic heterocycles. The fourth-order valence-corrected chi connectivity index (χ4v) is 2.26. The van der Waals surface area contributed by atoms with Gasteiger partial charge in [-0.3, -0.25) is 0 Å². The minimum atomic E-state index is 0.686. The molecule has 106 valence electrons. The third kappa shape index (κ3) is 3.84. The molecule has 0 amide bonds. The van der Waals surface area contributed by atoms with Crippen molar-refractivity contribution in [3.63, 3.8) is 0 Å². The monoisotopic (exact) mass is 270 g/mol. The fourth-order valence-electron chi connectivity index (χ4n) is 2.26. The Kier molecular flexibility index (Phi) is 5.19. The Morgan fingerprint density at radius 2 is 1.80 bits per heavy atom. The third-order valence-corrected chi connectivity index (χ3v) is 3.41. The van der Waals surface area contributed by atoms with Crippen LogP contribution >= 0.6 is 0 Å². The third-order valence-electron chi connectivity index (χ3n) is 3.41. The second-order valence-electron chi connectivity index (χ2n) is 4.93. The van der Waals surface area contributed by atoms with Crippen molar-refractivity contribution in [1.82, 2.24) is 0 Å². The molecule has 2 nitrogen and oxygen atoms in total. The number of aryl methyl sites for hydroxylation is 1. The molecule has 0 saturated heterocycles.